The van der Waals surface area contributed by atoms with Crippen LogP contribution in [0.1, 0.15) is 168 Å². The number of aliphatic hydroxyl groups excluding tert-OH is 6. The summed E-state index contributed by atoms with van der Waals surface area (Å²) in [5.74, 6) is -0.628. The Labute approximate surface area is 310 Å². The molecule has 7 N–H and O–H groups in total. The first-order valence-corrected chi connectivity index (χ1v) is 20.6. The maximum Gasteiger partial charge on any atom is 0.249 e. The van der Waals surface area contributed by atoms with Gasteiger partial charge in [-0.2, -0.15) is 0 Å². The van der Waals surface area contributed by atoms with Gasteiger partial charge in [0, 0.05) is 0 Å². The number of aliphatic hydroxyl groups is 6. The molecule has 1 amide bonds. The Bertz CT molecular complexity index is 898. The predicted molar refractivity (Wildman–Crippen MR) is 204 cm³/mol. The second-order valence-corrected chi connectivity index (χ2v) is 14.8. The van der Waals surface area contributed by atoms with Crippen molar-refractivity contribution in [2.75, 3.05) is 13.2 Å². The Balaban J connectivity index is 2.59. The Hall–Kier alpha value is -1.37. The van der Waals surface area contributed by atoms with Crippen molar-refractivity contribution in [3.8, 4) is 0 Å². The number of hydrogen-bond donors (Lipinski definition) is 7. The molecular formula is C41H77NO9. The van der Waals surface area contributed by atoms with Gasteiger partial charge in [-0.3, -0.25) is 4.79 Å². The lowest BCUT2D eigenvalue weighted by Gasteiger charge is -2.40. The lowest BCUT2D eigenvalue weighted by atomic mass is 9.99. The zero-order valence-corrected chi connectivity index (χ0v) is 32.4. The highest BCUT2D eigenvalue weighted by Gasteiger charge is 2.44. The molecule has 1 aliphatic heterocycles. The lowest BCUT2D eigenvalue weighted by Crippen LogP contribution is -2.60. The van der Waals surface area contributed by atoms with Crippen LogP contribution in [0.2, 0.25) is 0 Å². The Morgan fingerprint density at radius 2 is 1.27 bits per heavy atom. The van der Waals surface area contributed by atoms with E-state index in [0.717, 1.165) is 32.1 Å². The highest BCUT2D eigenvalue weighted by atomic mass is 16.7. The van der Waals surface area contributed by atoms with Crippen LogP contribution in [-0.2, 0) is 14.3 Å². The minimum absolute atomic E-state index is 0.306. The molecule has 8 atom stereocenters. The molecule has 1 fully saturated rings. The normalized spacial score (nSPS) is 23.1. The molecule has 5 unspecified atom stereocenters. The van der Waals surface area contributed by atoms with Gasteiger partial charge in [-0.25, -0.2) is 0 Å². The number of nitrogens with one attached hydrogen (secondary N) is 1. The summed E-state index contributed by atoms with van der Waals surface area (Å²) >= 11 is 0. The molecule has 1 saturated heterocycles. The molecule has 0 aliphatic carbocycles. The van der Waals surface area contributed by atoms with Crippen LogP contribution in [0.4, 0.5) is 0 Å². The number of carbonyl (C=O) groups excluding carboxylic acids is 1. The number of rotatable bonds is 32. The average molecular weight is 728 g/mol. The first kappa shape index (κ1) is 47.7. The molecule has 0 radical (unpaired) electrons. The monoisotopic (exact) mass is 728 g/mol. The van der Waals surface area contributed by atoms with Crippen molar-refractivity contribution in [3.05, 3.63) is 23.8 Å². The number of amides is 1. The summed E-state index contributed by atoms with van der Waals surface area (Å²) in [5.41, 5.74) is 1.36. The van der Waals surface area contributed by atoms with Crippen LogP contribution in [-0.4, -0.2) is 98.7 Å². The predicted octanol–water partition coefficient (Wildman–Crippen LogP) is 6.52. The molecule has 0 bridgehead atoms. The van der Waals surface area contributed by atoms with Gasteiger partial charge in [0.2, 0.25) is 5.91 Å². The molecule has 51 heavy (non-hydrogen) atoms. The van der Waals surface area contributed by atoms with Gasteiger partial charge in [0.05, 0.1) is 25.4 Å². The molecule has 0 spiro atoms. The molecule has 300 valence electrons. The van der Waals surface area contributed by atoms with Gasteiger partial charge >= 0.3 is 0 Å². The summed E-state index contributed by atoms with van der Waals surface area (Å²) in [6.45, 7) is 5.70. The SMILES string of the molecule is CCCCCCCCCCCCCCC(O)C(=O)NC(CO[C@@H]1OC(CO)[C@@H](O)[C@H](O)C1O)C(O)/C=C/CC/C=C(\C)CCCCCCCCC. The molecular weight excluding hydrogens is 650 g/mol. The van der Waals surface area contributed by atoms with E-state index in [0.29, 0.717) is 19.3 Å². The van der Waals surface area contributed by atoms with Crippen molar-refractivity contribution < 1.29 is 44.9 Å². The van der Waals surface area contributed by atoms with Crippen molar-refractivity contribution in [3.63, 3.8) is 0 Å². The van der Waals surface area contributed by atoms with Crippen molar-refractivity contribution in [2.24, 2.45) is 0 Å². The topological polar surface area (TPSA) is 169 Å². The second-order valence-electron chi connectivity index (χ2n) is 14.8. The zero-order chi connectivity index (χ0) is 37.7. The van der Waals surface area contributed by atoms with Crippen LogP contribution in [0.25, 0.3) is 0 Å². The highest BCUT2D eigenvalue weighted by Crippen LogP contribution is 2.22. The smallest absolute Gasteiger partial charge is 0.249 e. The first-order valence-electron chi connectivity index (χ1n) is 20.6. The molecule has 0 aromatic carbocycles. The highest BCUT2D eigenvalue weighted by molar-refractivity contribution is 5.80. The van der Waals surface area contributed by atoms with E-state index in [1.165, 1.54) is 102 Å². The Morgan fingerprint density at radius 1 is 0.745 bits per heavy atom. The van der Waals surface area contributed by atoms with E-state index in [-0.39, 0.29) is 6.61 Å². The van der Waals surface area contributed by atoms with E-state index in [2.05, 4.69) is 32.2 Å². The van der Waals surface area contributed by atoms with Gasteiger partial charge < -0.3 is 45.4 Å². The molecule has 0 aromatic rings. The third-order valence-electron chi connectivity index (χ3n) is 10.00. The van der Waals surface area contributed by atoms with E-state index >= 15 is 0 Å². The van der Waals surface area contributed by atoms with E-state index in [4.69, 9.17) is 9.47 Å². The number of allylic oxidation sites excluding steroid dienone is 3. The summed E-state index contributed by atoms with van der Waals surface area (Å²) in [6, 6.07) is -0.993. The molecule has 10 heteroatoms. The molecule has 0 saturated carbocycles. The summed E-state index contributed by atoms with van der Waals surface area (Å²) in [6.07, 6.45) is 22.0. The van der Waals surface area contributed by atoms with E-state index < -0.39 is 61.5 Å². The van der Waals surface area contributed by atoms with Gasteiger partial charge in [0.25, 0.3) is 0 Å². The number of ether oxygens (including phenoxy) is 2. The van der Waals surface area contributed by atoms with Crippen molar-refractivity contribution >= 4 is 5.91 Å². The maximum absolute atomic E-state index is 13.0. The van der Waals surface area contributed by atoms with E-state index in [9.17, 15) is 35.4 Å². The quantitative estimate of drug-likeness (QED) is 0.0301. The van der Waals surface area contributed by atoms with Crippen LogP contribution >= 0.6 is 0 Å². The Kier molecular flexibility index (Phi) is 29.0. The van der Waals surface area contributed by atoms with Gasteiger partial charge in [0.1, 0.15) is 30.5 Å². The van der Waals surface area contributed by atoms with Crippen molar-refractivity contribution in [1.82, 2.24) is 5.32 Å². The number of carbonyl (C=O) groups is 1. The minimum atomic E-state index is -1.61. The van der Waals surface area contributed by atoms with Crippen LogP contribution in [0, 0.1) is 0 Å². The fourth-order valence-corrected chi connectivity index (χ4v) is 6.48. The molecule has 1 heterocycles. The fourth-order valence-electron chi connectivity index (χ4n) is 6.48. The van der Waals surface area contributed by atoms with Gasteiger partial charge in [0.15, 0.2) is 6.29 Å². The minimum Gasteiger partial charge on any atom is -0.394 e. The number of hydrogen-bond acceptors (Lipinski definition) is 9. The number of unbranched alkanes of at least 4 members (excludes halogenated alkanes) is 18. The summed E-state index contributed by atoms with van der Waals surface area (Å²) in [4.78, 5) is 13.0. The van der Waals surface area contributed by atoms with Crippen LogP contribution in [0.3, 0.4) is 0 Å². The van der Waals surface area contributed by atoms with Crippen molar-refractivity contribution in [1.29, 1.82) is 0 Å². The standard InChI is InChI=1S/C41H77NO9/c1-4-6-8-10-12-13-14-15-16-18-20-24-29-35(45)40(49)42-33(31-50-41-39(48)38(47)37(46)36(30-43)51-41)34(44)28-25-21-23-27-32(3)26-22-19-17-11-9-7-5-2/h25,27-28,33-39,41,43-48H,4-24,26,29-31H2,1-3H3,(H,42,49)/b28-25+,32-27+/t33?,34?,35?,36?,37-,38+,39?,41-/m1/s1. The average Bonchev–Trinajstić information content (AvgIpc) is 3.12. The molecule has 1 aliphatic rings. The third kappa shape index (κ3) is 22.4. The van der Waals surface area contributed by atoms with Gasteiger partial charge in [-0.15, -0.1) is 0 Å². The summed E-state index contributed by atoms with van der Waals surface area (Å²) in [7, 11) is 0. The van der Waals surface area contributed by atoms with Crippen LogP contribution in [0.15, 0.2) is 23.8 Å². The second kappa shape index (κ2) is 31.0. The lowest BCUT2D eigenvalue weighted by molar-refractivity contribution is -0.302. The molecule has 0 aromatic heterocycles. The summed E-state index contributed by atoms with van der Waals surface area (Å²) in [5, 5.41) is 64.5. The largest absolute Gasteiger partial charge is 0.394 e. The van der Waals surface area contributed by atoms with Crippen molar-refractivity contribution in [2.45, 2.75) is 217 Å². The third-order valence-corrected chi connectivity index (χ3v) is 10.00. The van der Waals surface area contributed by atoms with E-state index in [1.54, 1.807) is 6.08 Å². The maximum atomic E-state index is 13.0. The van der Waals surface area contributed by atoms with Gasteiger partial charge in [-0.1, -0.05) is 153 Å². The zero-order valence-electron chi connectivity index (χ0n) is 32.4. The van der Waals surface area contributed by atoms with Crippen LogP contribution in [0.5, 0.6) is 0 Å². The molecule has 10 nitrogen and oxygen atoms in total. The van der Waals surface area contributed by atoms with E-state index in [1.807, 2.05) is 6.08 Å². The first-order chi connectivity index (χ1) is 24.7. The molecule has 1 rings (SSSR count). The van der Waals surface area contributed by atoms with Gasteiger partial charge in [-0.05, 0) is 39.0 Å². The fraction of sp³-hybridized carbons (Fsp3) is 0.878. The van der Waals surface area contributed by atoms with Crippen LogP contribution < -0.4 is 5.32 Å². The Morgan fingerprint density at radius 3 is 1.82 bits per heavy atom. The summed E-state index contributed by atoms with van der Waals surface area (Å²) < 4.78 is 11.1.